The molecule has 0 unspecified atom stereocenters. The Hall–Kier alpha value is -11.4. The van der Waals surface area contributed by atoms with Crippen molar-refractivity contribution in [1.82, 2.24) is 4.57 Å². The van der Waals surface area contributed by atoms with Crippen molar-refractivity contribution in [2.24, 2.45) is 0 Å². The number of hydrogen-bond acceptors (Lipinski definition) is 5. The molecule has 0 saturated heterocycles. The summed E-state index contributed by atoms with van der Waals surface area (Å²) in [6, 6.07) is 124. The van der Waals surface area contributed by atoms with Crippen LogP contribution < -0.4 is 52.4 Å². The van der Waals surface area contributed by atoms with E-state index in [4.69, 9.17) is 0 Å². The Morgan fingerprint density at radius 3 is 1.26 bits per heavy atom. The molecule has 19 rings (SSSR count). The first-order valence-corrected chi connectivity index (χ1v) is 32.5. The topological polar surface area (TPSA) is 17.9 Å². The predicted octanol–water partition coefficient (Wildman–Crippen LogP) is 18.4. The molecule has 0 fully saturated rings. The van der Waals surface area contributed by atoms with Gasteiger partial charge in [0.25, 0.3) is 6.71 Å². The first-order chi connectivity index (χ1) is 45.7. The van der Waals surface area contributed by atoms with Crippen LogP contribution in [-0.4, -0.2) is 18.0 Å². The SMILES string of the molecule is c1ccc(-c2cccc(-c3ccccc3)c2N2c3cc4c(cc3B3c5ccccc5N(c5ccccc5)c5cc(N(c6ccccc6)c6ccccc6)cc2c53)B2c3ccccc3N(c3ccccc3)c3cc(-n5c6ccccc6c6ccccc65)cc(c32)S4)cc1. The normalized spacial score (nSPS) is 13.1. The Labute approximate surface area is 540 Å². The van der Waals surface area contributed by atoms with Crippen molar-refractivity contribution >= 4 is 148 Å². The molecular weight excluding hydrogens is 1130 g/mol. The van der Waals surface area contributed by atoms with Crippen molar-refractivity contribution in [3.05, 3.63) is 334 Å². The number of benzene rings is 14. The Bertz CT molecular complexity index is 5270. The van der Waals surface area contributed by atoms with E-state index in [0.717, 1.165) is 84.8 Å². The second kappa shape index (κ2) is 21.1. The van der Waals surface area contributed by atoms with Gasteiger partial charge in [-0.2, -0.15) is 0 Å². The summed E-state index contributed by atoms with van der Waals surface area (Å²) in [5.74, 6) is 0. The van der Waals surface area contributed by atoms with Crippen LogP contribution >= 0.6 is 11.8 Å². The van der Waals surface area contributed by atoms with Crippen LogP contribution in [0.2, 0.25) is 0 Å². The summed E-state index contributed by atoms with van der Waals surface area (Å²) < 4.78 is 2.50. The van der Waals surface area contributed by atoms with Crippen LogP contribution in [0.15, 0.2) is 343 Å². The van der Waals surface area contributed by atoms with Crippen LogP contribution in [0, 0.1) is 0 Å². The molecule has 4 aliphatic rings. The maximum absolute atomic E-state index is 2.69. The van der Waals surface area contributed by atoms with E-state index in [2.05, 4.69) is 358 Å². The summed E-state index contributed by atoms with van der Waals surface area (Å²) in [6.07, 6.45) is 0. The Kier molecular flexibility index (Phi) is 12.0. The van der Waals surface area contributed by atoms with Crippen molar-refractivity contribution < 1.29 is 0 Å². The van der Waals surface area contributed by atoms with Gasteiger partial charge in [0.05, 0.1) is 22.4 Å². The second-order valence-corrected chi connectivity index (χ2v) is 25.4. The number of nitrogens with zero attached hydrogens (tertiary/aromatic N) is 5. The first kappa shape index (κ1) is 52.5. The molecule has 0 saturated carbocycles. The fraction of sp³-hybridized carbons (Fsp3) is 0. The molecule has 4 aliphatic heterocycles. The zero-order valence-corrected chi connectivity index (χ0v) is 50.9. The van der Waals surface area contributed by atoms with E-state index >= 15 is 0 Å². The fourth-order valence-corrected chi connectivity index (χ4v) is 16.8. The minimum absolute atomic E-state index is 0.0944. The molecule has 5 heterocycles. The van der Waals surface area contributed by atoms with Gasteiger partial charge in [-0.05, 0) is 142 Å². The van der Waals surface area contributed by atoms with Crippen molar-refractivity contribution in [2.75, 3.05) is 19.6 Å². The van der Waals surface area contributed by atoms with Crippen LogP contribution in [-0.2, 0) is 0 Å². The summed E-state index contributed by atoms with van der Waals surface area (Å²) in [5.41, 5.74) is 29.3. The zero-order valence-electron chi connectivity index (χ0n) is 50.1. The molecule has 0 bridgehead atoms. The molecule has 5 nitrogen and oxygen atoms in total. The second-order valence-electron chi connectivity index (χ2n) is 24.3. The number of hydrogen-bond donors (Lipinski definition) is 0. The summed E-state index contributed by atoms with van der Waals surface area (Å²) in [5, 5.41) is 2.48. The lowest BCUT2D eigenvalue weighted by atomic mass is 9.31. The van der Waals surface area contributed by atoms with Crippen LogP contribution in [0.4, 0.5) is 68.2 Å². The lowest BCUT2D eigenvalue weighted by Crippen LogP contribution is -2.64. The molecule has 0 radical (unpaired) electrons. The van der Waals surface area contributed by atoms with Gasteiger partial charge in [-0.15, -0.1) is 0 Å². The average Bonchev–Trinajstić information content (AvgIpc) is 0.793. The van der Waals surface area contributed by atoms with E-state index < -0.39 is 0 Å². The number of rotatable bonds is 9. The average molecular weight is 1190 g/mol. The summed E-state index contributed by atoms with van der Waals surface area (Å²) in [7, 11) is 0. The molecule has 14 aromatic carbocycles. The van der Waals surface area contributed by atoms with Crippen LogP contribution in [0.5, 0.6) is 0 Å². The standard InChI is InChI=1S/C84H55B2N5S/c1-7-28-56(29-8-1)64-42-27-43-65(57-30-9-2-10-31-57)84(64)91-76-55-80-71(86-69-45-22-26-49-75(69)89(61-38-17-6-18-39-61)79-52-63(53-81(92-80)83(79)86)90-72-46-23-19-40-66(72)67-41-20-24-47-73(67)90)54-70(76)85-68-44-21-25-48-74(68)88(60-36-15-5-16-37-60)77-50-62(51-78(91)82(77)85)87(58-32-11-3-12-33-58)59-34-13-4-14-35-59/h1-55H. The molecule has 0 amide bonds. The van der Waals surface area contributed by atoms with Gasteiger partial charge in [0, 0.05) is 94.3 Å². The summed E-state index contributed by atoms with van der Waals surface area (Å²) >= 11 is 1.93. The van der Waals surface area contributed by atoms with Gasteiger partial charge in [-0.1, -0.05) is 248 Å². The van der Waals surface area contributed by atoms with Crippen molar-refractivity contribution in [3.8, 4) is 27.9 Å². The van der Waals surface area contributed by atoms with E-state index in [-0.39, 0.29) is 13.4 Å². The third-order valence-electron chi connectivity index (χ3n) is 19.3. The van der Waals surface area contributed by atoms with E-state index in [1.165, 1.54) is 75.7 Å². The number of aromatic nitrogens is 1. The van der Waals surface area contributed by atoms with Gasteiger partial charge in [0.2, 0.25) is 6.71 Å². The van der Waals surface area contributed by atoms with Gasteiger partial charge in [-0.3, -0.25) is 0 Å². The van der Waals surface area contributed by atoms with E-state index in [1.54, 1.807) is 0 Å². The largest absolute Gasteiger partial charge is 0.311 e. The Morgan fingerprint density at radius 1 is 0.272 bits per heavy atom. The van der Waals surface area contributed by atoms with Gasteiger partial charge in [0.15, 0.2) is 0 Å². The van der Waals surface area contributed by atoms with Crippen LogP contribution in [0.25, 0.3) is 49.7 Å². The Morgan fingerprint density at radius 2 is 0.717 bits per heavy atom. The van der Waals surface area contributed by atoms with Gasteiger partial charge in [0.1, 0.15) is 0 Å². The Balaban J connectivity index is 0.947. The minimum atomic E-state index is -0.170. The molecule has 15 aromatic rings. The van der Waals surface area contributed by atoms with Crippen molar-refractivity contribution in [2.45, 2.75) is 9.79 Å². The number of fused-ring (bicyclic) bond motifs is 11. The summed E-state index contributed by atoms with van der Waals surface area (Å²) in [4.78, 5) is 12.7. The highest BCUT2D eigenvalue weighted by Gasteiger charge is 2.48. The zero-order chi connectivity index (χ0) is 60.4. The lowest BCUT2D eigenvalue weighted by molar-refractivity contribution is 1.15. The highest BCUT2D eigenvalue weighted by molar-refractivity contribution is 8.00. The van der Waals surface area contributed by atoms with Crippen molar-refractivity contribution in [3.63, 3.8) is 0 Å². The number of anilines is 12. The van der Waals surface area contributed by atoms with E-state index in [9.17, 15) is 0 Å². The smallest absolute Gasteiger partial charge is 0.252 e. The van der Waals surface area contributed by atoms with E-state index in [0.29, 0.717) is 0 Å². The molecule has 8 heteroatoms. The molecule has 92 heavy (non-hydrogen) atoms. The molecule has 0 atom stereocenters. The quantitative estimate of drug-likeness (QED) is 0.134. The lowest BCUT2D eigenvalue weighted by Gasteiger charge is -2.46. The minimum Gasteiger partial charge on any atom is -0.311 e. The summed E-state index contributed by atoms with van der Waals surface area (Å²) in [6.45, 7) is -0.265. The molecule has 1 aromatic heterocycles. The number of para-hydroxylation sites is 9. The molecule has 0 spiro atoms. The molecule has 0 aliphatic carbocycles. The van der Waals surface area contributed by atoms with Crippen LogP contribution in [0.1, 0.15) is 0 Å². The van der Waals surface area contributed by atoms with Gasteiger partial charge >= 0.3 is 0 Å². The highest BCUT2D eigenvalue weighted by Crippen LogP contribution is 2.54. The molecule has 428 valence electrons. The monoisotopic (exact) mass is 1190 g/mol. The first-order valence-electron chi connectivity index (χ1n) is 31.7. The van der Waals surface area contributed by atoms with Crippen LogP contribution in [0.3, 0.4) is 0 Å². The fourth-order valence-electron chi connectivity index (χ4n) is 15.6. The maximum atomic E-state index is 2.69. The molecular formula is C84H55B2N5S. The highest BCUT2D eigenvalue weighted by atomic mass is 32.2. The van der Waals surface area contributed by atoms with Crippen molar-refractivity contribution in [1.29, 1.82) is 0 Å². The van der Waals surface area contributed by atoms with Gasteiger partial charge < -0.3 is 24.2 Å². The third kappa shape index (κ3) is 8.03. The van der Waals surface area contributed by atoms with E-state index in [1.807, 2.05) is 11.8 Å². The third-order valence-corrected chi connectivity index (χ3v) is 20.5. The van der Waals surface area contributed by atoms with Gasteiger partial charge in [-0.25, -0.2) is 0 Å². The maximum Gasteiger partial charge on any atom is 0.252 e. The predicted molar refractivity (Wildman–Crippen MR) is 390 cm³/mol. The molecule has 0 N–H and O–H groups in total.